The molecule has 0 heterocycles. The first-order valence-electron chi connectivity index (χ1n) is 6.26. The first-order valence-corrected chi connectivity index (χ1v) is 6.64. The van der Waals surface area contributed by atoms with Crippen molar-refractivity contribution >= 4 is 23.4 Å². The van der Waals surface area contributed by atoms with Gasteiger partial charge in [-0.15, -0.1) is 0 Å². The molecule has 0 saturated carbocycles. The van der Waals surface area contributed by atoms with Crippen LogP contribution in [0, 0.1) is 10.1 Å². The molecule has 0 spiro atoms. The van der Waals surface area contributed by atoms with Crippen molar-refractivity contribution in [3.63, 3.8) is 0 Å². The zero-order valence-electron chi connectivity index (χ0n) is 12.1. The number of halogens is 1. The van der Waals surface area contributed by atoms with Gasteiger partial charge in [0.05, 0.1) is 4.92 Å². The van der Waals surface area contributed by atoms with Crippen LogP contribution >= 0.6 is 11.6 Å². The van der Waals surface area contributed by atoms with Gasteiger partial charge in [-0.3, -0.25) is 10.1 Å². The monoisotopic (exact) mass is 315 g/mol. The fraction of sp³-hybridized carbons (Fsp3) is 0.462. The predicted molar refractivity (Wildman–Crippen MR) is 79.3 cm³/mol. The molecule has 0 aromatic heterocycles. The van der Waals surface area contributed by atoms with Gasteiger partial charge in [-0.1, -0.05) is 17.7 Å². The molecule has 8 heteroatoms. The van der Waals surface area contributed by atoms with Crippen molar-refractivity contribution in [3.05, 3.63) is 38.9 Å². The zero-order chi connectivity index (χ0) is 16.2. The number of carbonyl (C=O) groups excluding carboxylic acids is 1. The summed E-state index contributed by atoms with van der Waals surface area (Å²) in [5.74, 6) is 0. The Morgan fingerprint density at radius 2 is 2.14 bits per heavy atom. The first-order chi connectivity index (χ1) is 9.60. The highest BCUT2D eigenvalue weighted by molar-refractivity contribution is 6.32. The van der Waals surface area contributed by atoms with Crippen LogP contribution in [0.15, 0.2) is 18.2 Å². The number of nitrogens with two attached hydrogens (primary N) is 1. The van der Waals surface area contributed by atoms with E-state index in [1.54, 1.807) is 26.8 Å². The van der Waals surface area contributed by atoms with Gasteiger partial charge >= 0.3 is 6.09 Å². The van der Waals surface area contributed by atoms with Crippen molar-refractivity contribution < 1.29 is 14.5 Å². The molecule has 0 aliphatic carbocycles. The molecule has 0 bridgehead atoms. The minimum atomic E-state index is -0.604. The van der Waals surface area contributed by atoms with Crippen LogP contribution in [0.4, 0.5) is 10.5 Å². The number of hydrogen-bond donors (Lipinski definition) is 2. The molecule has 1 rings (SSSR count). The number of rotatable bonds is 4. The second-order valence-electron chi connectivity index (χ2n) is 5.46. The Morgan fingerprint density at radius 3 is 2.67 bits per heavy atom. The van der Waals surface area contributed by atoms with Crippen LogP contribution < -0.4 is 11.1 Å². The van der Waals surface area contributed by atoms with Crippen LogP contribution in [0.1, 0.15) is 32.4 Å². The van der Waals surface area contributed by atoms with E-state index in [0.29, 0.717) is 5.56 Å². The molecule has 7 nitrogen and oxygen atoms in total. The molecule has 0 saturated heterocycles. The lowest BCUT2D eigenvalue weighted by atomic mass is 10.1. The second kappa shape index (κ2) is 6.73. The Labute approximate surface area is 127 Å². The van der Waals surface area contributed by atoms with Crippen molar-refractivity contribution in [3.8, 4) is 0 Å². The van der Waals surface area contributed by atoms with Gasteiger partial charge in [-0.25, -0.2) is 4.79 Å². The zero-order valence-corrected chi connectivity index (χ0v) is 12.8. The molecule has 0 fully saturated rings. The number of nitro groups is 1. The molecule has 21 heavy (non-hydrogen) atoms. The molecule has 3 N–H and O–H groups in total. The van der Waals surface area contributed by atoms with E-state index < -0.39 is 22.7 Å². The Bertz CT molecular complexity index is 543. The van der Waals surface area contributed by atoms with Crippen LogP contribution in [0.5, 0.6) is 0 Å². The van der Waals surface area contributed by atoms with Crippen molar-refractivity contribution in [2.75, 3.05) is 6.54 Å². The predicted octanol–water partition coefficient (Wildman–Crippen LogP) is 2.77. The molecule has 1 aromatic rings. The number of alkyl carbamates (subject to hydrolysis) is 1. The summed E-state index contributed by atoms with van der Waals surface area (Å²) in [6.45, 7) is 5.33. The lowest BCUT2D eigenvalue weighted by Gasteiger charge is -2.20. The van der Waals surface area contributed by atoms with Crippen molar-refractivity contribution in [2.24, 2.45) is 5.73 Å². The quantitative estimate of drug-likeness (QED) is 0.656. The summed E-state index contributed by atoms with van der Waals surface area (Å²) >= 11 is 5.72. The molecule has 0 aliphatic rings. The summed E-state index contributed by atoms with van der Waals surface area (Å²) < 4.78 is 5.07. The van der Waals surface area contributed by atoms with Crippen molar-refractivity contribution in [1.29, 1.82) is 0 Å². The van der Waals surface area contributed by atoms with E-state index in [1.165, 1.54) is 12.1 Å². The van der Waals surface area contributed by atoms with Crippen LogP contribution in [-0.4, -0.2) is 23.2 Å². The Balaban J connectivity index is 2.68. The van der Waals surface area contributed by atoms with Gasteiger partial charge < -0.3 is 15.8 Å². The van der Waals surface area contributed by atoms with E-state index in [9.17, 15) is 14.9 Å². The van der Waals surface area contributed by atoms with Crippen LogP contribution in [0.3, 0.4) is 0 Å². The van der Waals surface area contributed by atoms with E-state index in [2.05, 4.69) is 5.32 Å². The smallest absolute Gasteiger partial charge is 0.407 e. The van der Waals surface area contributed by atoms with Gasteiger partial charge in [0.1, 0.15) is 10.6 Å². The minimum Gasteiger partial charge on any atom is -0.444 e. The van der Waals surface area contributed by atoms with Crippen molar-refractivity contribution in [2.45, 2.75) is 32.4 Å². The van der Waals surface area contributed by atoms with E-state index >= 15 is 0 Å². The molecular formula is C13H18ClN3O4. The summed E-state index contributed by atoms with van der Waals surface area (Å²) in [4.78, 5) is 21.7. The number of nitro benzene ring substituents is 1. The Kier molecular flexibility index (Phi) is 5.51. The van der Waals surface area contributed by atoms with E-state index in [0.717, 1.165) is 0 Å². The number of hydrogen-bond acceptors (Lipinski definition) is 5. The second-order valence-corrected chi connectivity index (χ2v) is 5.86. The van der Waals surface area contributed by atoms with Crippen LogP contribution in [-0.2, 0) is 4.74 Å². The van der Waals surface area contributed by atoms with Gasteiger partial charge in [-0.2, -0.15) is 0 Å². The molecule has 116 valence electrons. The molecule has 0 radical (unpaired) electrons. The summed E-state index contributed by atoms with van der Waals surface area (Å²) in [5.41, 5.74) is 5.57. The summed E-state index contributed by atoms with van der Waals surface area (Å²) in [7, 11) is 0. The van der Waals surface area contributed by atoms with E-state index in [-0.39, 0.29) is 17.3 Å². The third-order valence-corrected chi connectivity index (χ3v) is 2.78. The standard InChI is InChI=1S/C13H18ClN3O4/c1-13(2,3)21-12(18)16-7-10(15)8-4-5-9(14)11(6-8)17(19)20/h4-6,10H,7,15H2,1-3H3,(H,16,18). The number of carbonyl (C=O) groups is 1. The number of benzene rings is 1. The normalized spacial score (nSPS) is 12.6. The highest BCUT2D eigenvalue weighted by atomic mass is 35.5. The number of ether oxygens (including phenoxy) is 1. The van der Waals surface area contributed by atoms with Gasteiger partial charge in [0.2, 0.25) is 0 Å². The lowest BCUT2D eigenvalue weighted by molar-refractivity contribution is -0.384. The summed E-state index contributed by atoms with van der Waals surface area (Å²) in [5, 5.41) is 13.4. The molecule has 0 aliphatic heterocycles. The third-order valence-electron chi connectivity index (χ3n) is 2.46. The molecule has 1 aromatic carbocycles. The maximum atomic E-state index is 11.5. The lowest BCUT2D eigenvalue weighted by Crippen LogP contribution is -2.36. The average molecular weight is 316 g/mol. The average Bonchev–Trinajstić information content (AvgIpc) is 2.34. The fourth-order valence-corrected chi connectivity index (χ4v) is 1.71. The maximum Gasteiger partial charge on any atom is 0.407 e. The van der Waals surface area contributed by atoms with E-state index in [1.807, 2.05) is 0 Å². The van der Waals surface area contributed by atoms with Gasteiger partial charge in [-0.05, 0) is 32.4 Å². The highest BCUT2D eigenvalue weighted by Crippen LogP contribution is 2.27. The van der Waals surface area contributed by atoms with Crippen molar-refractivity contribution in [1.82, 2.24) is 5.32 Å². The summed E-state index contributed by atoms with van der Waals surface area (Å²) in [6, 6.07) is 3.68. The Hall–Kier alpha value is -1.86. The molecule has 1 amide bonds. The third kappa shape index (κ3) is 5.57. The van der Waals surface area contributed by atoms with Crippen LogP contribution in [0.2, 0.25) is 5.02 Å². The van der Waals surface area contributed by atoms with Gasteiger partial charge in [0, 0.05) is 18.7 Å². The maximum absolute atomic E-state index is 11.5. The molecule has 1 atom stereocenters. The fourth-order valence-electron chi connectivity index (χ4n) is 1.53. The molecular weight excluding hydrogens is 298 g/mol. The van der Waals surface area contributed by atoms with E-state index in [4.69, 9.17) is 22.1 Å². The number of nitrogens with zero attached hydrogens (tertiary/aromatic N) is 1. The van der Waals surface area contributed by atoms with Crippen LogP contribution in [0.25, 0.3) is 0 Å². The summed E-state index contributed by atoms with van der Waals surface area (Å²) in [6.07, 6.45) is -0.596. The Morgan fingerprint density at radius 1 is 1.52 bits per heavy atom. The molecule has 1 unspecified atom stereocenters. The SMILES string of the molecule is CC(C)(C)OC(=O)NCC(N)c1ccc(Cl)c([N+](=O)[O-])c1. The number of amides is 1. The minimum absolute atomic E-state index is 0.0380. The number of nitrogens with one attached hydrogen (secondary N) is 1. The van der Waals surface area contributed by atoms with Gasteiger partial charge in [0.15, 0.2) is 0 Å². The first kappa shape index (κ1) is 17.2. The largest absolute Gasteiger partial charge is 0.444 e. The topological polar surface area (TPSA) is 107 Å². The van der Waals surface area contributed by atoms with Gasteiger partial charge in [0.25, 0.3) is 5.69 Å². The highest BCUT2D eigenvalue weighted by Gasteiger charge is 2.19.